The second kappa shape index (κ2) is 7.77. The van der Waals surface area contributed by atoms with E-state index in [2.05, 4.69) is 26.5 Å². The fourth-order valence-electron chi connectivity index (χ4n) is 2.01. The molecule has 0 saturated heterocycles. The van der Waals surface area contributed by atoms with Crippen molar-refractivity contribution in [3.63, 3.8) is 0 Å². The van der Waals surface area contributed by atoms with Gasteiger partial charge in [0, 0.05) is 16.1 Å². The van der Waals surface area contributed by atoms with Crippen LogP contribution in [-0.2, 0) is 0 Å². The summed E-state index contributed by atoms with van der Waals surface area (Å²) in [6.45, 7) is 0. The van der Waals surface area contributed by atoms with Crippen LogP contribution in [0.1, 0.15) is 11.1 Å². The predicted molar refractivity (Wildman–Crippen MR) is 99.5 cm³/mol. The molecular formula is C14H10BrN5O4S. The minimum absolute atomic E-state index is 0.0810. The number of halogens is 1. The van der Waals surface area contributed by atoms with Crippen LogP contribution in [-0.4, -0.2) is 20.7 Å². The van der Waals surface area contributed by atoms with E-state index >= 15 is 0 Å². The van der Waals surface area contributed by atoms with Gasteiger partial charge < -0.3 is 5.73 Å². The normalized spacial score (nSPS) is 11.0. The standard InChI is InChI=1S/C14H10BrN5O4S/c15-9-3-1-2-8(6-9)13(17-18-14(16)25)11-5-4-10(19(21)22)7-12(11)20(23)24/h1-7H,(H3,16,18,25). The largest absolute Gasteiger partial charge is 0.375 e. The number of nitro groups is 2. The zero-order valence-corrected chi connectivity index (χ0v) is 14.8. The van der Waals surface area contributed by atoms with Crippen molar-refractivity contribution in [3.05, 3.63) is 78.3 Å². The summed E-state index contributed by atoms with van der Waals surface area (Å²) in [5, 5.41) is 26.2. The van der Waals surface area contributed by atoms with Gasteiger partial charge in [0.25, 0.3) is 11.4 Å². The number of hydrazone groups is 1. The molecule has 3 N–H and O–H groups in total. The third kappa shape index (κ3) is 4.55. The molecule has 2 aromatic rings. The number of benzene rings is 2. The van der Waals surface area contributed by atoms with E-state index in [1.165, 1.54) is 6.07 Å². The summed E-state index contributed by atoms with van der Waals surface area (Å²) < 4.78 is 0.720. The maximum atomic E-state index is 11.4. The minimum atomic E-state index is -0.712. The number of rotatable bonds is 5. The Labute approximate surface area is 155 Å². The number of hydrogen-bond acceptors (Lipinski definition) is 6. The predicted octanol–water partition coefficient (Wildman–Crippen LogP) is 2.85. The van der Waals surface area contributed by atoms with E-state index in [0.717, 1.165) is 16.6 Å². The lowest BCUT2D eigenvalue weighted by atomic mass is 10.0. The molecule has 0 heterocycles. The lowest BCUT2D eigenvalue weighted by Crippen LogP contribution is -2.26. The Morgan fingerprint density at radius 1 is 1.16 bits per heavy atom. The first-order valence-corrected chi connectivity index (χ1v) is 7.82. The molecular weight excluding hydrogens is 414 g/mol. The molecule has 9 nitrogen and oxygen atoms in total. The molecule has 0 spiro atoms. The van der Waals surface area contributed by atoms with Gasteiger partial charge in [0.2, 0.25) is 0 Å². The first-order chi connectivity index (χ1) is 11.8. The van der Waals surface area contributed by atoms with Gasteiger partial charge in [-0.2, -0.15) is 5.10 Å². The topological polar surface area (TPSA) is 137 Å². The lowest BCUT2D eigenvalue weighted by Gasteiger charge is -2.09. The molecule has 0 unspecified atom stereocenters. The first-order valence-electron chi connectivity index (χ1n) is 6.62. The lowest BCUT2D eigenvalue weighted by molar-refractivity contribution is -0.394. The zero-order chi connectivity index (χ0) is 18.6. The van der Waals surface area contributed by atoms with E-state index in [1.807, 2.05) is 0 Å². The van der Waals surface area contributed by atoms with E-state index < -0.39 is 21.2 Å². The van der Waals surface area contributed by atoms with Crippen molar-refractivity contribution < 1.29 is 9.85 Å². The number of nitrogens with zero attached hydrogens (tertiary/aromatic N) is 3. The molecule has 0 amide bonds. The first kappa shape index (κ1) is 18.4. The van der Waals surface area contributed by atoms with Crippen LogP contribution in [0.2, 0.25) is 0 Å². The van der Waals surface area contributed by atoms with Gasteiger partial charge in [-0.15, -0.1) is 0 Å². The molecule has 0 aliphatic carbocycles. The Balaban J connectivity index is 2.69. The molecule has 0 aliphatic heterocycles. The smallest absolute Gasteiger partial charge is 0.285 e. The van der Waals surface area contributed by atoms with Crippen molar-refractivity contribution in [2.24, 2.45) is 10.8 Å². The molecule has 0 aliphatic rings. The summed E-state index contributed by atoms with van der Waals surface area (Å²) in [6.07, 6.45) is 0. The number of thiocarbonyl (C=S) groups is 1. The maximum Gasteiger partial charge on any atom is 0.285 e. The van der Waals surface area contributed by atoms with Gasteiger partial charge in [-0.1, -0.05) is 28.1 Å². The van der Waals surface area contributed by atoms with Gasteiger partial charge in [-0.05, 0) is 30.4 Å². The van der Waals surface area contributed by atoms with E-state index in [0.29, 0.717) is 5.56 Å². The highest BCUT2D eigenvalue weighted by Crippen LogP contribution is 2.28. The summed E-state index contributed by atoms with van der Waals surface area (Å²) in [5.41, 5.74) is 7.67. The molecule has 0 bridgehead atoms. The van der Waals surface area contributed by atoms with Crippen LogP contribution in [0, 0.1) is 20.2 Å². The van der Waals surface area contributed by atoms with Gasteiger partial charge in [0.05, 0.1) is 21.5 Å². The molecule has 0 atom stereocenters. The van der Waals surface area contributed by atoms with E-state index in [9.17, 15) is 20.2 Å². The fourth-order valence-corrected chi connectivity index (χ4v) is 2.46. The molecule has 128 valence electrons. The summed E-state index contributed by atoms with van der Waals surface area (Å²) in [7, 11) is 0. The molecule has 0 radical (unpaired) electrons. The molecule has 2 aromatic carbocycles. The number of hydrogen-bond donors (Lipinski definition) is 2. The van der Waals surface area contributed by atoms with Gasteiger partial charge >= 0.3 is 0 Å². The number of nitrogens with one attached hydrogen (secondary N) is 1. The van der Waals surface area contributed by atoms with Crippen molar-refractivity contribution in [1.29, 1.82) is 0 Å². The van der Waals surface area contributed by atoms with Crippen molar-refractivity contribution >= 4 is 50.3 Å². The molecule has 0 saturated carbocycles. The van der Waals surface area contributed by atoms with Crippen LogP contribution in [0.4, 0.5) is 11.4 Å². The molecule has 25 heavy (non-hydrogen) atoms. The number of nitrogens with two attached hydrogens (primary N) is 1. The van der Waals surface area contributed by atoms with Crippen LogP contribution in [0.25, 0.3) is 0 Å². The Morgan fingerprint density at radius 3 is 2.44 bits per heavy atom. The van der Waals surface area contributed by atoms with Crippen LogP contribution >= 0.6 is 28.1 Å². The quantitative estimate of drug-likeness (QED) is 0.326. The van der Waals surface area contributed by atoms with Crippen molar-refractivity contribution in [2.45, 2.75) is 0 Å². The highest BCUT2D eigenvalue weighted by molar-refractivity contribution is 9.10. The summed E-state index contributed by atoms with van der Waals surface area (Å²) in [5.74, 6) is 0. The Hall–Kier alpha value is -2.92. The Bertz CT molecular complexity index is 903. The maximum absolute atomic E-state index is 11.4. The van der Waals surface area contributed by atoms with Gasteiger partial charge in [-0.25, -0.2) is 0 Å². The fraction of sp³-hybridized carbons (Fsp3) is 0. The molecule has 11 heteroatoms. The Morgan fingerprint density at radius 2 is 1.88 bits per heavy atom. The molecule has 2 rings (SSSR count). The molecule has 0 aromatic heterocycles. The summed E-state index contributed by atoms with van der Waals surface area (Å²) >= 11 is 8.02. The van der Waals surface area contributed by atoms with E-state index in [-0.39, 0.29) is 16.4 Å². The monoisotopic (exact) mass is 423 g/mol. The van der Waals surface area contributed by atoms with Crippen LogP contribution in [0.15, 0.2) is 52.0 Å². The average Bonchev–Trinajstić information content (AvgIpc) is 2.54. The van der Waals surface area contributed by atoms with Crippen LogP contribution < -0.4 is 11.2 Å². The summed E-state index contributed by atoms with van der Waals surface area (Å²) in [6, 6.07) is 10.2. The van der Waals surface area contributed by atoms with Gasteiger partial charge in [0.1, 0.15) is 5.71 Å². The average molecular weight is 424 g/mol. The second-order valence-corrected chi connectivity index (χ2v) is 6.02. The van der Waals surface area contributed by atoms with E-state index in [1.54, 1.807) is 24.3 Å². The number of nitro benzene ring substituents is 2. The third-order valence-electron chi connectivity index (χ3n) is 3.02. The van der Waals surface area contributed by atoms with Gasteiger partial charge in [-0.3, -0.25) is 25.7 Å². The third-order valence-corrected chi connectivity index (χ3v) is 3.60. The summed E-state index contributed by atoms with van der Waals surface area (Å²) in [4.78, 5) is 20.9. The van der Waals surface area contributed by atoms with Crippen molar-refractivity contribution in [1.82, 2.24) is 5.43 Å². The zero-order valence-electron chi connectivity index (χ0n) is 12.4. The SMILES string of the molecule is NC(=S)NN=C(c1cccc(Br)c1)c1ccc([N+](=O)[O-])cc1[N+](=O)[O-]. The number of non-ortho nitro benzene ring substituents is 1. The van der Waals surface area contributed by atoms with Gasteiger partial charge in [0.15, 0.2) is 5.11 Å². The van der Waals surface area contributed by atoms with Crippen molar-refractivity contribution in [2.75, 3.05) is 0 Å². The molecule has 0 fully saturated rings. The minimum Gasteiger partial charge on any atom is -0.375 e. The van der Waals surface area contributed by atoms with Crippen LogP contribution in [0.3, 0.4) is 0 Å². The highest BCUT2D eigenvalue weighted by atomic mass is 79.9. The Kier molecular flexibility index (Phi) is 5.72. The van der Waals surface area contributed by atoms with Crippen LogP contribution in [0.5, 0.6) is 0 Å². The second-order valence-electron chi connectivity index (χ2n) is 4.66. The van der Waals surface area contributed by atoms with Crippen molar-refractivity contribution in [3.8, 4) is 0 Å². The highest BCUT2D eigenvalue weighted by Gasteiger charge is 2.24. The van der Waals surface area contributed by atoms with E-state index in [4.69, 9.17) is 18.0 Å².